The average molecular weight is 443 g/mol. The van der Waals surface area contributed by atoms with E-state index in [1.807, 2.05) is 41.8 Å². The monoisotopic (exact) mass is 442 g/mol. The van der Waals surface area contributed by atoms with Gasteiger partial charge in [0.2, 0.25) is 6.29 Å². The summed E-state index contributed by atoms with van der Waals surface area (Å²) in [6, 6.07) is 14.8. The molecule has 30 heavy (non-hydrogen) atoms. The van der Waals surface area contributed by atoms with E-state index in [9.17, 15) is 19.5 Å². The first-order valence-corrected chi connectivity index (χ1v) is 10.3. The molecule has 1 aliphatic heterocycles. The number of carboxylic acid groups (broad SMARTS) is 1. The van der Waals surface area contributed by atoms with E-state index in [1.165, 1.54) is 16.2 Å². The Morgan fingerprint density at radius 1 is 1.17 bits per heavy atom. The highest BCUT2D eigenvalue weighted by Crippen LogP contribution is 2.35. The minimum atomic E-state index is -0.930. The van der Waals surface area contributed by atoms with Crippen LogP contribution in [-0.2, 0) is 16.0 Å². The van der Waals surface area contributed by atoms with Crippen molar-refractivity contribution in [3.05, 3.63) is 70.1 Å². The molecule has 154 valence electrons. The van der Waals surface area contributed by atoms with E-state index in [-0.39, 0.29) is 0 Å². The maximum atomic E-state index is 11.2. The van der Waals surface area contributed by atoms with Crippen LogP contribution in [0.5, 0.6) is 0 Å². The maximum absolute atomic E-state index is 11.2. The number of nitrogens with one attached hydrogen (secondary N) is 1. The largest absolute Gasteiger partial charge is 0.478 e. The van der Waals surface area contributed by atoms with Gasteiger partial charge in [-0.05, 0) is 35.7 Å². The minimum Gasteiger partial charge on any atom is -0.478 e. The molecule has 8 heteroatoms. The van der Waals surface area contributed by atoms with Gasteiger partial charge in [0, 0.05) is 35.2 Å². The number of anilines is 2. The van der Waals surface area contributed by atoms with Crippen LogP contribution in [0.3, 0.4) is 0 Å². The van der Waals surface area contributed by atoms with Crippen molar-refractivity contribution >= 4 is 51.8 Å². The summed E-state index contributed by atoms with van der Waals surface area (Å²) in [5.74, 6) is -1.38. The Balaban J connectivity index is 0.000000177. The smallest absolute Gasteiger partial charge is 0.339 e. The van der Waals surface area contributed by atoms with Crippen molar-refractivity contribution in [2.75, 3.05) is 23.8 Å². The van der Waals surface area contributed by atoms with Crippen LogP contribution in [0, 0.1) is 0 Å². The normalized spacial score (nSPS) is 11.9. The number of nitrogens with zero attached hydrogens (tertiary/aromatic N) is 1. The van der Waals surface area contributed by atoms with E-state index in [4.69, 9.17) is 11.6 Å². The summed E-state index contributed by atoms with van der Waals surface area (Å²) in [6.07, 6.45) is 1.21. The quantitative estimate of drug-likeness (QED) is 0.456. The molecule has 2 N–H and O–H groups in total. The van der Waals surface area contributed by atoms with Gasteiger partial charge in [0.25, 0.3) is 5.91 Å². The standard InChI is InChI=1S/C12H10ClNO2S.C10H9NO2/c1-14-11-10(12(15)16)9(6-17-11)7-2-4-8(13)5-3-7;12-7-10(13)11-6-5-8-3-1-2-4-9(8)11/h2-6,14H,1H3,(H,15,16);1-4,7H,5-6H2. The Morgan fingerprint density at radius 2 is 1.87 bits per heavy atom. The van der Waals surface area contributed by atoms with E-state index in [0.717, 1.165) is 23.2 Å². The molecule has 1 aromatic heterocycles. The zero-order chi connectivity index (χ0) is 21.7. The molecule has 0 spiro atoms. The van der Waals surface area contributed by atoms with Crippen LogP contribution in [0.25, 0.3) is 11.1 Å². The van der Waals surface area contributed by atoms with Gasteiger partial charge in [0.15, 0.2) is 0 Å². The Bertz CT molecular complexity index is 1080. The first-order valence-electron chi connectivity index (χ1n) is 9.09. The number of aldehydes is 1. The first-order chi connectivity index (χ1) is 14.5. The van der Waals surface area contributed by atoms with Crippen molar-refractivity contribution in [1.82, 2.24) is 0 Å². The predicted octanol–water partition coefficient (Wildman–Crippen LogP) is 4.58. The fourth-order valence-corrected chi connectivity index (χ4v) is 4.28. The third-order valence-electron chi connectivity index (χ3n) is 4.64. The van der Waals surface area contributed by atoms with Crippen molar-refractivity contribution < 1.29 is 19.5 Å². The molecule has 0 radical (unpaired) electrons. The molecule has 1 aliphatic rings. The number of carbonyl (C=O) groups excluding carboxylic acids is 2. The van der Waals surface area contributed by atoms with Crippen molar-refractivity contribution in [2.24, 2.45) is 0 Å². The van der Waals surface area contributed by atoms with E-state index in [2.05, 4.69) is 5.32 Å². The number of hydrogen-bond acceptors (Lipinski definition) is 5. The lowest BCUT2D eigenvalue weighted by Crippen LogP contribution is -2.29. The lowest BCUT2D eigenvalue weighted by atomic mass is 10.0. The predicted molar refractivity (Wildman–Crippen MR) is 120 cm³/mol. The topological polar surface area (TPSA) is 86.7 Å². The number of aromatic carboxylic acids is 1. The van der Waals surface area contributed by atoms with Gasteiger partial charge in [-0.1, -0.05) is 41.9 Å². The van der Waals surface area contributed by atoms with E-state index < -0.39 is 11.9 Å². The molecule has 1 amide bonds. The number of fused-ring (bicyclic) bond motifs is 1. The van der Waals surface area contributed by atoms with Crippen molar-refractivity contribution in [1.29, 1.82) is 0 Å². The van der Waals surface area contributed by atoms with Crippen molar-refractivity contribution in [2.45, 2.75) is 6.42 Å². The van der Waals surface area contributed by atoms with Crippen molar-refractivity contribution in [3.8, 4) is 11.1 Å². The molecular weight excluding hydrogens is 424 g/mol. The summed E-state index contributed by atoms with van der Waals surface area (Å²) in [5.41, 5.74) is 3.88. The molecule has 0 bridgehead atoms. The third kappa shape index (κ3) is 4.53. The number of halogens is 1. The van der Waals surface area contributed by atoms with Crippen molar-refractivity contribution in [3.63, 3.8) is 0 Å². The SMILES string of the molecule is CNc1scc(-c2ccc(Cl)cc2)c1C(=O)O.O=CC(=O)N1CCc2ccccc21. The Morgan fingerprint density at radius 3 is 2.50 bits per heavy atom. The van der Waals surface area contributed by atoms with Gasteiger partial charge < -0.3 is 15.3 Å². The maximum Gasteiger partial charge on any atom is 0.339 e. The van der Waals surface area contributed by atoms with Crippen LogP contribution >= 0.6 is 22.9 Å². The van der Waals surface area contributed by atoms with Gasteiger partial charge in [0.1, 0.15) is 10.6 Å². The fraction of sp³-hybridized carbons (Fsp3) is 0.136. The molecule has 0 aliphatic carbocycles. The highest BCUT2D eigenvalue weighted by Gasteiger charge is 2.23. The van der Waals surface area contributed by atoms with Gasteiger partial charge >= 0.3 is 5.97 Å². The van der Waals surface area contributed by atoms with E-state index in [0.29, 0.717) is 34.0 Å². The fourth-order valence-electron chi connectivity index (χ4n) is 3.23. The number of thiophene rings is 1. The van der Waals surface area contributed by atoms with Crippen LogP contribution in [0.2, 0.25) is 5.02 Å². The molecule has 0 fully saturated rings. The molecule has 4 rings (SSSR count). The molecular formula is C22H19ClN2O4S. The lowest BCUT2D eigenvalue weighted by Gasteiger charge is -2.12. The molecule has 0 saturated carbocycles. The van der Waals surface area contributed by atoms with Crippen LogP contribution in [0.15, 0.2) is 53.9 Å². The molecule has 2 heterocycles. The van der Waals surface area contributed by atoms with E-state index >= 15 is 0 Å². The first kappa shape index (κ1) is 21.5. The number of carboxylic acids is 1. The number of amides is 1. The lowest BCUT2D eigenvalue weighted by molar-refractivity contribution is -0.129. The minimum absolute atomic E-state index is 0.305. The number of para-hydroxylation sites is 1. The molecule has 6 nitrogen and oxygen atoms in total. The van der Waals surface area contributed by atoms with Crippen LogP contribution in [-0.4, -0.2) is 36.9 Å². The zero-order valence-electron chi connectivity index (χ0n) is 16.1. The molecule has 0 saturated heterocycles. The van der Waals surface area contributed by atoms with Gasteiger partial charge in [-0.25, -0.2) is 4.79 Å². The highest BCUT2D eigenvalue weighted by molar-refractivity contribution is 7.15. The summed E-state index contributed by atoms with van der Waals surface area (Å²) in [6.45, 7) is 0.622. The van der Waals surface area contributed by atoms with Crippen LogP contribution < -0.4 is 10.2 Å². The number of benzene rings is 2. The summed E-state index contributed by atoms with van der Waals surface area (Å²) >= 11 is 7.19. The second-order valence-electron chi connectivity index (χ2n) is 6.40. The van der Waals surface area contributed by atoms with Gasteiger partial charge in [-0.3, -0.25) is 9.59 Å². The molecule has 0 atom stereocenters. The highest BCUT2D eigenvalue weighted by atomic mass is 35.5. The Hall–Kier alpha value is -3.16. The van der Waals surface area contributed by atoms with Gasteiger partial charge in [-0.2, -0.15) is 0 Å². The molecule has 2 aromatic carbocycles. The molecule has 0 unspecified atom stereocenters. The van der Waals surface area contributed by atoms with E-state index in [1.54, 1.807) is 19.2 Å². The average Bonchev–Trinajstić information content (AvgIpc) is 3.38. The summed E-state index contributed by atoms with van der Waals surface area (Å²) in [5, 5.41) is 15.2. The Kier molecular flexibility index (Phi) is 6.87. The van der Waals surface area contributed by atoms with Crippen LogP contribution in [0.1, 0.15) is 15.9 Å². The summed E-state index contributed by atoms with van der Waals surface area (Å²) in [7, 11) is 1.71. The third-order valence-corrected chi connectivity index (χ3v) is 5.89. The molecule has 3 aromatic rings. The van der Waals surface area contributed by atoms with Crippen LogP contribution in [0.4, 0.5) is 10.7 Å². The number of rotatable bonds is 4. The second-order valence-corrected chi connectivity index (χ2v) is 7.72. The van der Waals surface area contributed by atoms with Gasteiger partial charge in [-0.15, -0.1) is 11.3 Å². The van der Waals surface area contributed by atoms with Gasteiger partial charge in [0.05, 0.1) is 0 Å². The number of carbonyl (C=O) groups is 3. The zero-order valence-corrected chi connectivity index (χ0v) is 17.7. The Labute approximate surface area is 182 Å². The summed E-state index contributed by atoms with van der Waals surface area (Å²) < 4.78 is 0. The number of hydrogen-bond donors (Lipinski definition) is 2. The second kappa shape index (κ2) is 9.56. The summed E-state index contributed by atoms with van der Waals surface area (Å²) in [4.78, 5) is 34.2.